The number of hydrogen-bond donors (Lipinski definition) is 2. The van der Waals surface area contributed by atoms with Gasteiger partial charge in [-0.2, -0.15) is 13.2 Å². The van der Waals surface area contributed by atoms with Gasteiger partial charge >= 0.3 is 12.1 Å². The van der Waals surface area contributed by atoms with Crippen molar-refractivity contribution in [2.75, 3.05) is 5.32 Å². The van der Waals surface area contributed by atoms with E-state index in [0.717, 1.165) is 17.7 Å². The molecule has 0 heterocycles. The van der Waals surface area contributed by atoms with Crippen LogP contribution in [0, 0.1) is 0 Å². The fourth-order valence-electron chi connectivity index (χ4n) is 2.57. The highest BCUT2D eigenvalue weighted by Gasteiger charge is 2.31. The van der Waals surface area contributed by atoms with Crippen molar-refractivity contribution in [2.45, 2.75) is 38.5 Å². The number of rotatable bonds is 7. The fourth-order valence-corrected chi connectivity index (χ4v) is 2.80. The van der Waals surface area contributed by atoms with Gasteiger partial charge in [-0.25, -0.2) is 0 Å². The molecule has 2 N–H and O–H groups in total. The second-order valence-electron chi connectivity index (χ2n) is 6.54. The highest BCUT2D eigenvalue weighted by molar-refractivity contribution is 6.30. The summed E-state index contributed by atoms with van der Waals surface area (Å²) in [7, 11) is 0. The monoisotopic (exact) mass is 429 g/mol. The summed E-state index contributed by atoms with van der Waals surface area (Å²) in [6.45, 7) is 3.17. The Bertz CT molecular complexity index is 884. The van der Waals surface area contributed by atoms with Gasteiger partial charge in [-0.3, -0.25) is 9.59 Å². The van der Waals surface area contributed by atoms with Crippen molar-refractivity contribution in [3.05, 3.63) is 58.6 Å². The minimum atomic E-state index is -4.59. The van der Waals surface area contributed by atoms with Gasteiger partial charge in [-0.05, 0) is 48.7 Å². The molecule has 156 valence electrons. The quantitative estimate of drug-likeness (QED) is 0.622. The second-order valence-corrected chi connectivity index (χ2v) is 6.98. The molecule has 0 aliphatic carbocycles. The normalized spacial score (nSPS) is 13.4. The van der Waals surface area contributed by atoms with E-state index in [0.29, 0.717) is 5.69 Å². The molecular formula is C20H19ClF3NO4. The number of benzene rings is 2. The van der Waals surface area contributed by atoms with Crippen LogP contribution in [0.4, 0.5) is 18.9 Å². The molecule has 9 heteroatoms. The molecule has 1 amide bonds. The molecule has 2 unspecified atom stereocenters. The van der Waals surface area contributed by atoms with E-state index in [-0.39, 0.29) is 23.1 Å². The molecule has 0 bridgehead atoms. The van der Waals surface area contributed by atoms with E-state index in [4.69, 9.17) is 21.4 Å². The minimum absolute atomic E-state index is 0.0177. The van der Waals surface area contributed by atoms with Crippen LogP contribution in [0.5, 0.6) is 5.75 Å². The highest BCUT2D eigenvalue weighted by atomic mass is 35.5. The maximum Gasteiger partial charge on any atom is 0.416 e. The predicted octanol–water partition coefficient (Wildman–Crippen LogP) is 5.34. The van der Waals surface area contributed by atoms with Crippen LogP contribution in [0.1, 0.15) is 37.3 Å². The highest BCUT2D eigenvalue weighted by Crippen LogP contribution is 2.34. The Morgan fingerprint density at radius 2 is 1.76 bits per heavy atom. The van der Waals surface area contributed by atoms with Gasteiger partial charge in [0.15, 0.2) is 6.10 Å². The van der Waals surface area contributed by atoms with Crippen molar-refractivity contribution in [3.63, 3.8) is 0 Å². The third-order valence-electron chi connectivity index (χ3n) is 4.11. The number of amides is 1. The van der Waals surface area contributed by atoms with E-state index in [1.807, 2.05) is 0 Å². The largest absolute Gasteiger partial charge is 0.481 e. The Morgan fingerprint density at radius 1 is 1.14 bits per heavy atom. The number of nitrogens with one attached hydrogen (secondary N) is 1. The second kappa shape index (κ2) is 9.17. The Balaban J connectivity index is 2.02. The molecule has 0 spiro atoms. The van der Waals surface area contributed by atoms with Crippen molar-refractivity contribution < 1.29 is 32.6 Å². The molecule has 0 radical (unpaired) electrons. The summed E-state index contributed by atoms with van der Waals surface area (Å²) in [4.78, 5) is 23.1. The van der Waals surface area contributed by atoms with E-state index < -0.39 is 29.7 Å². The summed E-state index contributed by atoms with van der Waals surface area (Å²) >= 11 is 5.70. The van der Waals surface area contributed by atoms with Crippen molar-refractivity contribution in [1.29, 1.82) is 0 Å². The molecule has 2 atom stereocenters. The van der Waals surface area contributed by atoms with Crippen molar-refractivity contribution in [2.24, 2.45) is 0 Å². The molecule has 2 aromatic rings. The van der Waals surface area contributed by atoms with Crippen LogP contribution in [0.25, 0.3) is 0 Å². The molecule has 2 rings (SSSR count). The Labute approximate surface area is 170 Å². The molecule has 29 heavy (non-hydrogen) atoms. The summed E-state index contributed by atoms with van der Waals surface area (Å²) < 4.78 is 43.9. The Kier molecular flexibility index (Phi) is 7.13. The third kappa shape index (κ3) is 6.67. The van der Waals surface area contributed by atoms with Gasteiger partial charge in [0.2, 0.25) is 0 Å². The molecule has 2 aromatic carbocycles. The molecule has 0 saturated carbocycles. The lowest BCUT2D eigenvalue weighted by Gasteiger charge is -2.17. The van der Waals surface area contributed by atoms with Crippen molar-refractivity contribution in [3.8, 4) is 5.75 Å². The van der Waals surface area contributed by atoms with Crippen LogP contribution in [-0.2, 0) is 15.8 Å². The van der Waals surface area contributed by atoms with Crippen LogP contribution >= 0.6 is 11.6 Å². The molecule has 0 aliphatic heterocycles. The van der Waals surface area contributed by atoms with Gasteiger partial charge in [0, 0.05) is 10.7 Å². The van der Waals surface area contributed by atoms with Gasteiger partial charge < -0.3 is 15.2 Å². The number of ether oxygens (including phenoxy) is 1. The first kappa shape index (κ1) is 22.5. The number of carbonyl (C=O) groups excluding carboxylic acids is 1. The molecule has 0 aliphatic rings. The van der Waals surface area contributed by atoms with Crippen LogP contribution in [0.15, 0.2) is 42.5 Å². The van der Waals surface area contributed by atoms with E-state index in [2.05, 4.69) is 5.32 Å². The number of carboxylic acid groups (broad SMARTS) is 1. The van der Waals surface area contributed by atoms with E-state index in [1.165, 1.54) is 13.0 Å². The van der Waals surface area contributed by atoms with Crippen LogP contribution in [0.2, 0.25) is 5.02 Å². The first-order valence-electron chi connectivity index (χ1n) is 8.62. The number of aliphatic carboxylic acids is 1. The summed E-state index contributed by atoms with van der Waals surface area (Å²) in [5.41, 5.74) is 0.269. The number of carboxylic acids is 1. The topological polar surface area (TPSA) is 75.6 Å². The number of hydrogen-bond acceptors (Lipinski definition) is 3. The lowest BCUT2D eigenvalue weighted by Crippen LogP contribution is -2.30. The lowest BCUT2D eigenvalue weighted by atomic mass is 9.98. The van der Waals surface area contributed by atoms with E-state index in [1.54, 1.807) is 31.2 Å². The van der Waals surface area contributed by atoms with Crippen LogP contribution in [-0.4, -0.2) is 23.1 Å². The SMILES string of the molecule is CC(Oc1cc(Cl)cc(C(F)(F)F)c1)C(=O)Nc1ccc(C(C)CC(=O)O)cc1. The van der Waals surface area contributed by atoms with Crippen LogP contribution < -0.4 is 10.1 Å². The smallest absolute Gasteiger partial charge is 0.416 e. The van der Waals surface area contributed by atoms with Crippen LogP contribution in [0.3, 0.4) is 0 Å². The molecule has 0 fully saturated rings. The summed E-state index contributed by atoms with van der Waals surface area (Å²) in [6.07, 6.45) is -5.69. The molecular weight excluding hydrogens is 411 g/mol. The maximum atomic E-state index is 12.9. The number of carbonyl (C=O) groups is 2. The molecule has 5 nitrogen and oxygen atoms in total. The first-order valence-corrected chi connectivity index (χ1v) is 9.00. The molecule has 0 aromatic heterocycles. The Hall–Kier alpha value is -2.74. The summed E-state index contributed by atoms with van der Waals surface area (Å²) in [5.74, 6) is -1.84. The average Bonchev–Trinajstić information content (AvgIpc) is 2.60. The van der Waals surface area contributed by atoms with Gasteiger partial charge in [0.25, 0.3) is 5.91 Å². The predicted molar refractivity (Wildman–Crippen MR) is 102 cm³/mol. The van der Waals surface area contributed by atoms with Gasteiger partial charge in [0.05, 0.1) is 12.0 Å². The lowest BCUT2D eigenvalue weighted by molar-refractivity contribution is -0.138. The van der Waals surface area contributed by atoms with Gasteiger partial charge in [-0.1, -0.05) is 30.7 Å². The zero-order valence-electron chi connectivity index (χ0n) is 15.6. The fraction of sp³-hybridized carbons (Fsp3) is 0.300. The van der Waals surface area contributed by atoms with E-state index in [9.17, 15) is 22.8 Å². The standard InChI is InChI=1S/C20H19ClF3NO4/c1-11(7-18(26)27)13-3-5-16(6-4-13)25-19(28)12(2)29-17-9-14(20(22,23)24)8-15(21)10-17/h3-6,8-12H,7H2,1-2H3,(H,25,28)(H,26,27). The van der Waals surface area contributed by atoms with Gasteiger partial charge in [-0.15, -0.1) is 0 Å². The minimum Gasteiger partial charge on any atom is -0.481 e. The maximum absolute atomic E-state index is 12.9. The average molecular weight is 430 g/mol. The number of halogens is 4. The number of anilines is 1. The third-order valence-corrected chi connectivity index (χ3v) is 4.33. The first-order chi connectivity index (χ1) is 13.5. The molecule has 0 saturated heterocycles. The summed E-state index contributed by atoms with van der Waals surface area (Å²) in [5, 5.41) is 11.3. The van der Waals surface area contributed by atoms with E-state index >= 15 is 0 Å². The van der Waals surface area contributed by atoms with Crippen molar-refractivity contribution >= 4 is 29.2 Å². The number of alkyl halides is 3. The van der Waals surface area contributed by atoms with Crippen molar-refractivity contribution in [1.82, 2.24) is 0 Å². The van der Waals surface area contributed by atoms with Gasteiger partial charge in [0.1, 0.15) is 5.75 Å². The zero-order chi connectivity index (χ0) is 21.8. The Morgan fingerprint density at radius 3 is 2.31 bits per heavy atom. The zero-order valence-corrected chi connectivity index (χ0v) is 16.3. The summed E-state index contributed by atoms with van der Waals surface area (Å²) in [6, 6.07) is 9.35.